The molecule has 1 aromatic heterocycles. The lowest BCUT2D eigenvalue weighted by molar-refractivity contribution is -0.119. The minimum Gasteiger partial charge on any atom is -0.478 e. The molecule has 1 amide bonds. The number of para-hydroxylation sites is 1. The predicted octanol–water partition coefficient (Wildman–Crippen LogP) is 1.11. The van der Waals surface area contributed by atoms with Crippen LogP contribution in [0.4, 0.5) is 0 Å². The van der Waals surface area contributed by atoms with Gasteiger partial charge in [0.15, 0.2) is 0 Å². The number of aromatic carboxylic acids is 1. The summed E-state index contributed by atoms with van der Waals surface area (Å²) in [5.41, 5.74) is 0.743. The molecular weight excluding hydrogens is 260 g/mol. The van der Waals surface area contributed by atoms with E-state index in [1.165, 1.54) is 0 Å². The van der Waals surface area contributed by atoms with Crippen LogP contribution in [-0.4, -0.2) is 29.6 Å². The van der Waals surface area contributed by atoms with Gasteiger partial charge in [0, 0.05) is 24.4 Å². The second kappa shape index (κ2) is 4.97. The van der Waals surface area contributed by atoms with Crippen LogP contribution >= 0.6 is 0 Å². The average Bonchev–Trinajstić information content (AvgIpc) is 2.99. The highest BCUT2D eigenvalue weighted by Gasteiger charge is 2.24. The summed E-state index contributed by atoms with van der Waals surface area (Å²) in [6.45, 7) is 0.845. The van der Waals surface area contributed by atoms with Crippen molar-refractivity contribution in [2.45, 2.75) is 19.0 Å². The van der Waals surface area contributed by atoms with Crippen molar-refractivity contribution in [3.8, 4) is 0 Å². The van der Waals surface area contributed by atoms with Crippen molar-refractivity contribution in [1.29, 1.82) is 0 Å². The molecule has 0 aliphatic carbocycles. The zero-order valence-corrected chi connectivity index (χ0v) is 10.7. The zero-order chi connectivity index (χ0) is 14.1. The zero-order valence-electron chi connectivity index (χ0n) is 10.7. The molecule has 6 heteroatoms. The molecule has 20 heavy (non-hydrogen) atoms. The standard InChI is InChI=1S/C14H14N2O4/c17-12-5-8(6-16-12)15-7-11-13(14(18)19)9-3-1-2-4-10(9)20-11/h1-4,8,15H,5-7H2,(H,16,17)(H,18,19). The number of carbonyl (C=O) groups is 2. The van der Waals surface area contributed by atoms with Crippen molar-refractivity contribution in [1.82, 2.24) is 10.6 Å². The summed E-state index contributed by atoms with van der Waals surface area (Å²) in [5.74, 6) is -0.615. The van der Waals surface area contributed by atoms with Gasteiger partial charge >= 0.3 is 5.97 Å². The Kier molecular flexibility index (Phi) is 3.15. The fourth-order valence-electron chi connectivity index (χ4n) is 2.44. The van der Waals surface area contributed by atoms with Crippen LogP contribution < -0.4 is 10.6 Å². The van der Waals surface area contributed by atoms with Crippen LogP contribution in [0.3, 0.4) is 0 Å². The Hall–Kier alpha value is -2.34. The van der Waals surface area contributed by atoms with Gasteiger partial charge in [0.1, 0.15) is 16.9 Å². The van der Waals surface area contributed by atoms with Crippen LogP contribution in [0.15, 0.2) is 28.7 Å². The monoisotopic (exact) mass is 274 g/mol. The summed E-state index contributed by atoms with van der Waals surface area (Å²) < 4.78 is 5.60. The molecule has 6 nitrogen and oxygen atoms in total. The lowest BCUT2D eigenvalue weighted by Crippen LogP contribution is -2.30. The number of fused-ring (bicyclic) bond motifs is 1. The van der Waals surface area contributed by atoms with Crippen LogP contribution in [0, 0.1) is 0 Å². The molecule has 0 radical (unpaired) electrons. The Balaban J connectivity index is 1.85. The van der Waals surface area contributed by atoms with E-state index < -0.39 is 5.97 Å². The summed E-state index contributed by atoms with van der Waals surface area (Å²) in [4.78, 5) is 22.5. The van der Waals surface area contributed by atoms with Crippen molar-refractivity contribution in [3.05, 3.63) is 35.6 Å². The van der Waals surface area contributed by atoms with Gasteiger partial charge in [0.2, 0.25) is 5.91 Å². The Morgan fingerprint density at radius 3 is 2.95 bits per heavy atom. The predicted molar refractivity (Wildman–Crippen MR) is 71.4 cm³/mol. The Labute approximate surface area is 114 Å². The highest BCUT2D eigenvalue weighted by atomic mass is 16.4. The maximum absolute atomic E-state index is 11.4. The molecule has 3 rings (SSSR count). The fraction of sp³-hybridized carbons (Fsp3) is 0.286. The third-order valence-corrected chi connectivity index (χ3v) is 3.41. The van der Waals surface area contributed by atoms with Gasteiger partial charge in [-0.3, -0.25) is 4.79 Å². The quantitative estimate of drug-likeness (QED) is 0.776. The highest BCUT2D eigenvalue weighted by Crippen LogP contribution is 2.26. The number of amides is 1. The molecule has 1 saturated heterocycles. The molecule has 0 spiro atoms. The van der Waals surface area contributed by atoms with Crippen molar-refractivity contribution in [2.75, 3.05) is 6.54 Å². The van der Waals surface area contributed by atoms with Gasteiger partial charge < -0.3 is 20.2 Å². The molecular formula is C14H14N2O4. The van der Waals surface area contributed by atoms with E-state index >= 15 is 0 Å². The number of furan rings is 1. The largest absolute Gasteiger partial charge is 0.478 e. The summed E-state index contributed by atoms with van der Waals surface area (Å²) >= 11 is 0. The number of rotatable bonds is 4. The number of nitrogens with one attached hydrogen (secondary N) is 2. The number of benzene rings is 1. The molecule has 1 unspecified atom stereocenters. The van der Waals surface area contributed by atoms with E-state index in [-0.39, 0.29) is 24.1 Å². The third kappa shape index (κ3) is 2.25. The van der Waals surface area contributed by atoms with Gasteiger partial charge in [0.25, 0.3) is 0 Å². The highest BCUT2D eigenvalue weighted by molar-refractivity contribution is 6.03. The SMILES string of the molecule is O=C1CC(NCc2oc3ccccc3c2C(=O)O)CN1. The topological polar surface area (TPSA) is 91.6 Å². The molecule has 2 heterocycles. The van der Waals surface area contributed by atoms with Crippen LogP contribution in [-0.2, 0) is 11.3 Å². The number of carboxylic acid groups (broad SMARTS) is 1. The first kappa shape index (κ1) is 12.7. The molecule has 1 aliphatic heterocycles. The van der Waals surface area contributed by atoms with Crippen LogP contribution in [0.5, 0.6) is 0 Å². The normalized spacial score (nSPS) is 18.4. The van der Waals surface area contributed by atoms with E-state index in [2.05, 4.69) is 10.6 Å². The van der Waals surface area contributed by atoms with Gasteiger partial charge in [-0.25, -0.2) is 4.79 Å². The Bertz CT molecular complexity index is 677. The molecule has 1 aromatic carbocycles. The maximum atomic E-state index is 11.4. The van der Waals surface area contributed by atoms with Crippen molar-refractivity contribution >= 4 is 22.8 Å². The molecule has 1 atom stereocenters. The van der Waals surface area contributed by atoms with Gasteiger partial charge in [-0.2, -0.15) is 0 Å². The summed E-state index contributed by atoms with van der Waals surface area (Å²) in [7, 11) is 0. The Morgan fingerprint density at radius 1 is 1.45 bits per heavy atom. The van der Waals surface area contributed by atoms with Crippen LogP contribution in [0.1, 0.15) is 22.5 Å². The summed E-state index contributed by atoms with van der Waals surface area (Å²) in [6, 6.07) is 7.06. The smallest absolute Gasteiger partial charge is 0.339 e. The lowest BCUT2D eigenvalue weighted by atomic mass is 10.1. The van der Waals surface area contributed by atoms with E-state index in [1.807, 2.05) is 0 Å². The van der Waals surface area contributed by atoms with E-state index in [1.54, 1.807) is 24.3 Å². The molecule has 2 aromatic rings. The minimum absolute atomic E-state index is 0.00515. The average molecular weight is 274 g/mol. The van der Waals surface area contributed by atoms with Crippen LogP contribution in [0.2, 0.25) is 0 Å². The molecule has 1 aliphatic rings. The minimum atomic E-state index is -1.01. The summed E-state index contributed by atoms with van der Waals surface area (Å²) in [5, 5.41) is 15.8. The van der Waals surface area contributed by atoms with E-state index in [0.29, 0.717) is 29.7 Å². The van der Waals surface area contributed by atoms with Gasteiger partial charge in [-0.1, -0.05) is 18.2 Å². The van der Waals surface area contributed by atoms with E-state index in [9.17, 15) is 14.7 Å². The van der Waals surface area contributed by atoms with Crippen molar-refractivity contribution in [2.24, 2.45) is 0 Å². The van der Waals surface area contributed by atoms with Gasteiger partial charge in [-0.05, 0) is 6.07 Å². The van der Waals surface area contributed by atoms with Crippen molar-refractivity contribution in [3.63, 3.8) is 0 Å². The molecule has 0 bridgehead atoms. The number of hydrogen-bond acceptors (Lipinski definition) is 4. The number of hydrogen-bond donors (Lipinski definition) is 3. The first-order valence-electron chi connectivity index (χ1n) is 6.39. The molecule has 0 saturated carbocycles. The summed E-state index contributed by atoms with van der Waals surface area (Å²) in [6.07, 6.45) is 0.405. The number of carboxylic acids is 1. The van der Waals surface area contributed by atoms with E-state index in [4.69, 9.17) is 4.42 Å². The molecule has 3 N–H and O–H groups in total. The van der Waals surface area contributed by atoms with Crippen molar-refractivity contribution < 1.29 is 19.1 Å². The van der Waals surface area contributed by atoms with Gasteiger partial charge in [0.05, 0.1) is 6.54 Å². The molecule has 1 fully saturated rings. The number of carbonyl (C=O) groups excluding carboxylic acids is 1. The van der Waals surface area contributed by atoms with E-state index in [0.717, 1.165) is 0 Å². The first-order chi connectivity index (χ1) is 9.65. The van der Waals surface area contributed by atoms with Crippen LogP contribution in [0.25, 0.3) is 11.0 Å². The molecule has 104 valence electrons. The second-order valence-corrected chi connectivity index (χ2v) is 4.79. The fourth-order valence-corrected chi connectivity index (χ4v) is 2.44. The maximum Gasteiger partial charge on any atom is 0.339 e. The second-order valence-electron chi connectivity index (χ2n) is 4.79. The lowest BCUT2D eigenvalue weighted by Gasteiger charge is -2.08. The van der Waals surface area contributed by atoms with Gasteiger partial charge in [-0.15, -0.1) is 0 Å². The Morgan fingerprint density at radius 2 is 2.25 bits per heavy atom. The third-order valence-electron chi connectivity index (χ3n) is 3.41. The first-order valence-corrected chi connectivity index (χ1v) is 6.39.